The molecule has 1 N–H and O–H groups in total. The van der Waals surface area contributed by atoms with Gasteiger partial charge in [0.05, 0.1) is 16.6 Å². The van der Waals surface area contributed by atoms with E-state index in [-0.39, 0.29) is 12.2 Å². The zero-order valence-corrected chi connectivity index (χ0v) is 10.8. The van der Waals surface area contributed by atoms with Gasteiger partial charge < -0.3 is 13.9 Å². The molecule has 6 heteroatoms. The molecule has 1 aromatic carbocycles. The van der Waals surface area contributed by atoms with Crippen molar-refractivity contribution in [3.63, 3.8) is 0 Å². The summed E-state index contributed by atoms with van der Waals surface area (Å²) >= 11 is 0. The number of ether oxygens (including phenoxy) is 2. The van der Waals surface area contributed by atoms with Gasteiger partial charge in [0.15, 0.2) is 6.79 Å². The molecule has 0 saturated carbocycles. The Hall–Kier alpha value is -2.60. The van der Waals surface area contributed by atoms with E-state index in [9.17, 15) is 4.79 Å². The SMILES string of the molecule is COCOc1ccc2c(=O)c(-c3ccn[nH]3)coc2c1. The Morgan fingerprint density at radius 2 is 2.25 bits per heavy atom. The topological polar surface area (TPSA) is 77.4 Å². The maximum absolute atomic E-state index is 12.4. The lowest BCUT2D eigenvalue weighted by atomic mass is 10.1. The molecule has 6 nitrogen and oxygen atoms in total. The van der Waals surface area contributed by atoms with Crippen LogP contribution in [-0.2, 0) is 4.74 Å². The Balaban J connectivity index is 2.08. The Morgan fingerprint density at radius 3 is 3.00 bits per heavy atom. The quantitative estimate of drug-likeness (QED) is 0.736. The Kier molecular flexibility index (Phi) is 3.22. The molecule has 0 fully saturated rings. The number of aromatic nitrogens is 2. The van der Waals surface area contributed by atoms with Gasteiger partial charge in [0.1, 0.15) is 17.6 Å². The van der Waals surface area contributed by atoms with Gasteiger partial charge in [-0.3, -0.25) is 9.89 Å². The number of hydrogen-bond donors (Lipinski definition) is 1. The summed E-state index contributed by atoms with van der Waals surface area (Å²) in [5.41, 5.74) is 1.42. The number of hydrogen-bond acceptors (Lipinski definition) is 5. The molecule has 3 rings (SSSR count). The minimum absolute atomic E-state index is 0.117. The Morgan fingerprint density at radius 1 is 1.35 bits per heavy atom. The van der Waals surface area contributed by atoms with Gasteiger partial charge in [0.25, 0.3) is 0 Å². The van der Waals surface area contributed by atoms with Crippen molar-refractivity contribution in [1.82, 2.24) is 10.2 Å². The van der Waals surface area contributed by atoms with Gasteiger partial charge in [-0.25, -0.2) is 0 Å². The molecule has 3 aromatic rings. The van der Waals surface area contributed by atoms with Crippen LogP contribution >= 0.6 is 0 Å². The maximum Gasteiger partial charge on any atom is 0.202 e. The fourth-order valence-corrected chi connectivity index (χ4v) is 1.92. The summed E-state index contributed by atoms with van der Waals surface area (Å²) in [5.74, 6) is 0.580. The number of rotatable bonds is 4. The number of aromatic amines is 1. The molecule has 0 saturated heterocycles. The minimum atomic E-state index is -0.117. The summed E-state index contributed by atoms with van der Waals surface area (Å²) in [6, 6.07) is 6.75. The minimum Gasteiger partial charge on any atom is -0.467 e. The number of fused-ring (bicyclic) bond motifs is 1. The van der Waals surface area contributed by atoms with Crippen LogP contribution in [-0.4, -0.2) is 24.1 Å². The van der Waals surface area contributed by atoms with E-state index in [1.807, 2.05) is 0 Å². The molecule has 20 heavy (non-hydrogen) atoms. The summed E-state index contributed by atoms with van der Waals surface area (Å²) in [5, 5.41) is 7.06. The van der Waals surface area contributed by atoms with Crippen molar-refractivity contribution in [3.05, 3.63) is 46.9 Å². The zero-order valence-electron chi connectivity index (χ0n) is 10.8. The van der Waals surface area contributed by atoms with E-state index < -0.39 is 0 Å². The van der Waals surface area contributed by atoms with Crippen LogP contribution in [0.5, 0.6) is 5.75 Å². The molecular formula is C14H12N2O4. The maximum atomic E-state index is 12.4. The summed E-state index contributed by atoms with van der Waals surface area (Å²) in [6.45, 7) is 0.141. The van der Waals surface area contributed by atoms with E-state index >= 15 is 0 Å². The van der Waals surface area contributed by atoms with Gasteiger partial charge in [0.2, 0.25) is 5.43 Å². The molecule has 0 aliphatic rings. The van der Waals surface area contributed by atoms with Crippen molar-refractivity contribution in [2.45, 2.75) is 0 Å². The van der Waals surface area contributed by atoms with E-state index in [0.717, 1.165) is 0 Å². The van der Waals surface area contributed by atoms with Crippen LogP contribution in [0.2, 0.25) is 0 Å². The van der Waals surface area contributed by atoms with Crippen molar-refractivity contribution in [3.8, 4) is 17.0 Å². The van der Waals surface area contributed by atoms with Crippen LogP contribution in [0.3, 0.4) is 0 Å². The van der Waals surface area contributed by atoms with Gasteiger partial charge in [-0.1, -0.05) is 0 Å². The average molecular weight is 272 g/mol. The molecule has 0 atom stereocenters. The summed E-state index contributed by atoms with van der Waals surface area (Å²) in [4.78, 5) is 12.4. The lowest BCUT2D eigenvalue weighted by molar-refractivity contribution is 0.0512. The molecule has 0 amide bonds. The third-order valence-electron chi connectivity index (χ3n) is 2.88. The second kappa shape index (κ2) is 5.18. The standard InChI is InChI=1S/C14H12N2O4/c1-18-8-20-9-2-3-10-13(6-9)19-7-11(14(10)17)12-4-5-15-16-12/h2-7H,8H2,1H3,(H,15,16). The lowest BCUT2D eigenvalue weighted by Crippen LogP contribution is -2.05. The summed E-state index contributed by atoms with van der Waals surface area (Å²) in [7, 11) is 1.54. The number of methoxy groups -OCH3 is 1. The van der Waals surface area contributed by atoms with E-state index in [1.165, 1.54) is 13.4 Å². The lowest BCUT2D eigenvalue weighted by Gasteiger charge is -2.05. The molecule has 0 aliphatic heterocycles. The highest BCUT2D eigenvalue weighted by atomic mass is 16.7. The molecular weight excluding hydrogens is 260 g/mol. The van der Waals surface area contributed by atoms with Gasteiger partial charge >= 0.3 is 0 Å². The number of nitrogens with zero attached hydrogens (tertiary/aromatic N) is 1. The van der Waals surface area contributed by atoms with Gasteiger partial charge in [-0.2, -0.15) is 5.10 Å². The second-order valence-corrected chi connectivity index (χ2v) is 4.16. The van der Waals surface area contributed by atoms with Crippen molar-refractivity contribution in [2.75, 3.05) is 13.9 Å². The summed E-state index contributed by atoms with van der Waals surface area (Å²) in [6.07, 6.45) is 3.00. The smallest absolute Gasteiger partial charge is 0.202 e. The summed E-state index contributed by atoms with van der Waals surface area (Å²) < 4.78 is 15.6. The zero-order chi connectivity index (χ0) is 13.9. The first-order valence-corrected chi connectivity index (χ1v) is 5.96. The third-order valence-corrected chi connectivity index (χ3v) is 2.88. The van der Waals surface area contributed by atoms with Gasteiger partial charge in [-0.15, -0.1) is 0 Å². The van der Waals surface area contributed by atoms with Crippen molar-refractivity contribution in [2.24, 2.45) is 0 Å². The van der Waals surface area contributed by atoms with Crippen LogP contribution in [0.1, 0.15) is 0 Å². The molecule has 0 unspecified atom stereocenters. The van der Waals surface area contributed by atoms with Gasteiger partial charge in [-0.05, 0) is 18.2 Å². The molecule has 0 aliphatic carbocycles. The normalized spacial score (nSPS) is 10.8. The molecule has 0 radical (unpaired) electrons. The van der Waals surface area contributed by atoms with E-state index in [4.69, 9.17) is 13.9 Å². The monoisotopic (exact) mass is 272 g/mol. The average Bonchev–Trinajstić information content (AvgIpc) is 2.99. The second-order valence-electron chi connectivity index (χ2n) is 4.16. The fraction of sp³-hybridized carbons (Fsp3) is 0.143. The number of nitrogens with one attached hydrogen (secondary N) is 1. The van der Waals surface area contributed by atoms with Crippen molar-refractivity contribution < 1.29 is 13.9 Å². The van der Waals surface area contributed by atoms with Crippen LogP contribution in [0.15, 0.2) is 45.9 Å². The van der Waals surface area contributed by atoms with Gasteiger partial charge in [0, 0.05) is 19.4 Å². The first-order valence-electron chi connectivity index (χ1n) is 5.96. The van der Waals surface area contributed by atoms with E-state index in [0.29, 0.717) is 28.0 Å². The number of benzene rings is 1. The highest BCUT2D eigenvalue weighted by molar-refractivity contribution is 5.81. The molecule has 0 spiro atoms. The molecule has 102 valence electrons. The van der Waals surface area contributed by atoms with Crippen LogP contribution in [0.4, 0.5) is 0 Å². The Bertz CT molecular complexity index is 777. The molecule has 2 aromatic heterocycles. The highest BCUT2D eigenvalue weighted by Gasteiger charge is 2.10. The third kappa shape index (κ3) is 2.17. The van der Waals surface area contributed by atoms with Crippen molar-refractivity contribution in [1.29, 1.82) is 0 Å². The highest BCUT2D eigenvalue weighted by Crippen LogP contribution is 2.22. The van der Waals surface area contributed by atoms with Crippen LogP contribution < -0.4 is 10.2 Å². The van der Waals surface area contributed by atoms with Crippen LogP contribution in [0.25, 0.3) is 22.2 Å². The van der Waals surface area contributed by atoms with Crippen molar-refractivity contribution >= 4 is 11.0 Å². The first kappa shape index (κ1) is 12.4. The van der Waals surface area contributed by atoms with E-state index in [2.05, 4.69) is 10.2 Å². The molecule has 0 bridgehead atoms. The first-order chi connectivity index (χ1) is 9.79. The Labute approximate surface area is 113 Å². The predicted molar refractivity (Wildman–Crippen MR) is 72.6 cm³/mol. The van der Waals surface area contributed by atoms with E-state index in [1.54, 1.807) is 30.5 Å². The molecule has 2 heterocycles. The number of H-pyrrole nitrogens is 1. The largest absolute Gasteiger partial charge is 0.467 e. The predicted octanol–water partition coefficient (Wildman–Crippen LogP) is 2.17. The van der Waals surface area contributed by atoms with Crippen LogP contribution in [0, 0.1) is 0 Å². The fourth-order valence-electron chi connectivity index (χ4n) is 1.92.